The molecule has 2 aliphatic heterocycles. The number of carbonyl (C=O) groups is 1. The molecule has 0 spiro atoms. The van der Waals surface area contributed by atoms with Gasteiger partial charge in [-0.05, 0) is 41.3 Å². The van der Waals surface area contributed by atoms with Crippen LogP contribution in [0.1, 0.15) is 28.4 Å². The summed E-state index contributed by atoms with van der Waals surface area (Å²) < 4.78 is 12.2. The van der Waals surface area contributed by atoms with Crippen molar-refractivity contribution in [2.24, 2.45) is 0 Å². The van der Waals surface area contributed by atoms with Crippen LogP contribution in [0.4, 0.5) is 0 Å². The summed E-state index contributed by atoms with van der Waals surface area (Å²) in [7, 11) is 0. The third-order valence-corrected chi connectivity index (χ3v) is 6.26. The zero-order valence-corrected chi connectivity index (χ0v) is 17.2. The molecule has 0 bridgehead atoms. The average Bonchev–Trinajstić information content (AvgIpc) is 3.03. The Kier molecular flexibility index (Phi) is 5.48. The van der Waals surface area contributed by atoms with E-state index in [4.69, 9.17) is 9.47 Å². The number of ether oxygens (including phenoxy) is 2. The number of rotatable bonds is 4. The summed E-state index contributed by atoms with van der Waals surface area (Å²) in [5.41, 5.74) is 3.35. The lowest BCUT2D eigenvalue weighted by Gasteiger charge is -2.29. The van der Waals surface area contributed by atoms with Gasteiger partial charge in [0, 0.05) is 24.4 Å². The fourth-order valence-corrected chi connectivity index (χ4v) is 4.68. The normalized spacial score (nSPS) is 22.8. The summed E-state index contributed by atoms with van der Waals surface area (Å²) in [6.45, 7) is 2.48. The minimum atomic E-state index is -0.0388. The third kappa shape index (κ3) is 3.49. The van der Waals surface area contributed by atoms with Gasteiger partial charge in [0.15, 0.2) is 5.16 Å². The molecule has 1 amide bonds. The second-order valence-electron chi connectivity index (χ2n) is 6.24. The molecule has 0 aliphatic carbocycles. The highest BCUT2D eigenvalue weighted by atomic mass is 127. The topological polar surface area (TPSA) is 89.1 Å². The first-order valence-corrected chi connectivity index (χ1v) is 10.7. The Balaban J connectivity index is 1.69. The number of hydrogen-bond donors (Lipinski definition) is 2. The van der Waals surface area contributed by atoms with Crippen LogP contribution in [-0.2, 0) is 9.47 Å². The van der Waals surface area contributed by atoms with E-state index in [1.807, 2.05) is 12.3 Å². The van der Waals surface area contributed by atoms with E-state index in [2.05, 4.69) is 42.9 Å². The molecule has 1 fully saturated rings. The van der Waals surface area contributed by atoms with Crippen LogP contribution in [0.25, 0.3) is 11.4 Å². The number of aromatic nitrogens is 3. The lowest BCUT2D eigenvalue weighted by Crippen LogP contribution is -2.38. The molecule has 7 nitrogen and oxygen atoms in total. The summed E-state index contributed by atoms with van der Waals surface area (Å²) in [6, 6.07) is 1.87. The number of nitrogens with one attached hydrogen (secondary N) is 2. The molecule has 26 heavy (non-hydrogen) atoms. The molecular formula is C17H19IN4O3S. The van der Waals surface area contributed by atoms with Crippen LogP contribution in [0.5, 0.6) is 0 Å². The lowest BCUT2D eigenvalue weighted by molar-refractivity contribution is -0.0928. The quantitative estimate of drug-likeness (QED) is 0.392. The highest BCUT2D eigenvalue weighted by Crippen LogP contribution is 2.36. The first-order chi connectivity index (χ1) is 12.7. The SMILES string of the molecule is CSc1nccc(-c2[nH]c3c(c2I)C(=O)NCC3C[C@@H]2COCCO2)n1. The predicted octanol–water partition coefficient (Wildman–Crippen LogP) is 2.43. The Labute approximate surface area is 169 Å². The van der Waals surface area contributed by atoms with Crippen molar-refractivity contribution in [3.63, 3.8) is 0 Å². The Hall–Kier alpha value is -1.17. The van der Waals surface area contributed by atoms with Crippen molar-refractivity contribution in [1.82, 2.24) is 20.3 Å². The maximum Gasteiger partial charge on any atom is 0.254 e. The average molecular weight is 486 g/mol. The second kappa shape index (κ2) is 7.83. The van der Waals surface area contributed by atoms with Crippen molar-refractivity contribution < 1.29 is 14.3 Å². The monoisotopic (exact) mass is 486 g/mol. The van der Waals surface area contributed by atoms with E-state index in [0.29, 0.717) is 31.5 Å². The van der Waals surface area contributed by atoms with Gasteiger partial charge in [-0.2, -0.15) is 0 Å². The summed E-state index contributed by atoms with van der Waals surface area (Å²) >= 11 is 3.72. The number of carbonyl (C=O) groups excluding carboxylic acids is 1. The van der Waals surface area contributed by atoms with E-state index < -0.39 is 0 Å². The van der Waals surface area contributed by atoms with Crippen molar-refractivity contribution in [3.8, 4) is 11.4 Å². The van der Waals surface area contributed by atoms with E-state index >= 15 is 0 Å². The van der Waals surface area contributed by atoms with E-state index in [-0.39, 0.29) is 17.9 Å². The summed E-state index contributed by atoms with van der Waals surface area (Å²) in [6.07, 6.45) is 4.56. The Morgan fingerprint density at radius 3 is 3.08 bits per heavy atom. The van der Waals surface area contributed by atoms with E-state index in [1.165, 1.54) is 11.8 Å². The molecule has 2 aliphatic rings. The molecule has 2 aromatic rings. The van der Waals surface area contributed by atoms with E-state index in [9.17, 15) is 4.79 Å². The zero-order valence-electron chi connectivity index (χ0n) is 14.3. The van der Waals surface area contributed by atoms with Gasteiger partial charge in [0.25, 0.3) is 5.91 Å². The molecule has 0 saturated carbocycles. The molecule has 4 heterocycles. The molecule has 2 atom stereocenters. The fourth-order valence-electron chi connectivity index (χ4n) is 3.38. The van der Waals surface area contributed by atoms with E-state index in [1.54, 1.807) is 6.20 Å². The zero-order chi connectivity index (χ0) is 18.1. The van der Waals surface area contributed by atoms with Crippen LogP contribution < -0.4 is 5.32 Å². The van der Waals surface area contributed by atoms with Crippen molar-refractivity contribution >= 4 is 40.3 Å². The number of halogens is 1. The highest BCUT2D eigenvalue weighted by Gasteiger charge is 2.33. The van der Waals surface area contributed by atoms with Crippen LogP contribution in [0.3, 0.4) is 0 Å². The number of H-pyrrole nitrogens is 1. The third-order valence-electron chi connectivity index (χ3n) is 4.62. The van der Waals surface area contributed by atoms with E-state index in [0.717, 1.165) is 32.6 Å². The first-order valence-electron chi connectivity index (χ1n) is 8.43. The van der Waals surface area contributed by atoms with Gasteiger partial charge < -0.3 is 19.8 Å². The van der Waals surface area contributed by atoms with Crippen LogP contribution in [0.15, 0.2) is 17.4 Å². The second-order valence-corrected chi connectivity index (χ2v) is 8.09. The number of aromatic amines is 1. The van der Waals surface area contributed by atoms with Crippen LogP contribution >= 0.6 is 34.4 Å². The molecule has 0 aromatic carbocycles. The van der Waals surface area contributed by atoms with Crippen molar-refractivity contribution in [2.75, 3.05) is 32.6 Å². The Bertz CT molecular complexity index is 822. The van der Waals surface area contributed by atoms with Crippen LogP contribution in [0.2, 0.25) is 0 Å². The molecule has 9 heteroatoms. The molecular weight excluding hydrogens is 467 g/mol. The minimum absolute atomic E-state index is 0.0388. The molecule has 1 saturated heterocycles. The molecule has 0 radical (unpaired) electrons. The van der Waals surface area contributed by atoms with Crippen molar-refractivity contribution in [2.45, 2.75) is 23.6 Å². The highest BCUT2D eigenvalue weighted by molar-refractivity contribution is 14.1. The van der Waals surface area contributed by atoms with Crippen LogP contribution in [-0.4, -0.2) is 59.6 Å². The van der Waals surface area contributed by atoms with Crippen molar-refractivity contribution in [1.29, 1.82) is 0 Å². The van der Waals surface area contributed by atoms with Gasteiger partial charge in [-0.3, -0.25) is 4.79 Å². The maximum atomic E-state index is 12.5. The fraction of sp³-hybridized carbons (Fsp3) is 0.471. The summed E-state index contributed by atoms with van der Waals surface area (Å²) in [4.78, 5) is 24.8. The van der Waals surface area contributed by atoms with Gasteiger partial charge in [0.05, 0.1) is 46.4 Å². The van der Waals surface area contributed by atoms with Gasteiger partial charge in [0.2, 0.25) is 0 Å². The number of fused-ring (bicyclic) bond motifs is 1. The largest absolute Gasteiger partial charge is 0.376 e. The number of nitrogens with zero attached hydrogens (tertiary/aromatic N) is 2. The number of thioether (sulfide) groups is 1. The van der Waals surface area contributed by atoms with Gasteiger partial charge in [0.1, 0.15) is 0 Å². The van der Waals surface area contributed by atoms with Crippen LogP contribution in [0, 0.1) is 3.57 Å². The van der Waals surface area contributed by atoms with Gasteiger partial charge in [-0.1, -0.05) is 11.8 Å². The number of hydrogen-bond acceptors (Lipinski definition) is 6. The molecule has 138 valence electrons. The van der Waals surface area contributed by atoms with Gasteiger partial charge in [-0.15, -0.1) is 0 Å². The summed E-state index contributed by atoms with van der Waals surface area (Å²) in [5.74, 6) is 0.127. The predicted molar refractivity (Wildman–Crippen MR) is 107 cm³/mol. The molecule has 2 aromatic heterocycles. The Morgan fingerprint density at radius 2 is 2.31 bits per heavy atom. The first kappa shape index (κ1) is 18.2. The smallest absolute Gasteiger partial charge is 0.254 e. The Morgan fingerprint density at radius 1 is 1.42 bits per heavy atom. The van der Waals surface area contributed by atoms with Crippen molar-refractivity contribution in [3.05, 3.63) is 27.1 Å². The van der Waals surface area contributed by atoms with Gasteiger partial charge >= 0.3 is 0 Å². The maximum absolute atomic E-state index is 12.5. The number of amides is 1. The van der Waals surface area contributed by atoms with Gasteiger partial charge in [-0.25, -0.2) is 9.97 Å². The molecule has 4 rings (SSSR count). The molecule has 1 unspecified atom stereocenters. The minimum Gasteiger partial charge on any atom is -0.376 e. The molecule has 2 N–H and O–H groups in total. The lowest BCUT2D eigenvalue weighted by atomic mass is 9.92. The summed E-state index contributed by atoms with van der Waals surface area (Å²) in [5, 5.41) is 3.72. The standard InChI is InChI=1S/C17H19IN4O3S/c1-26-17-19-3-2-11(21-17)15-13(18)12-14(22-15)9(7-20-16(12)23)6-10-8-24-4-5-25-10/h2-3,9-10,22H,4-8H2,1H3,(H,20,23)/t9?,10-/m1/s1.